The molecule has 0 unspecified atom stereocenters. The topological polar surface area (TPSA) is 70.1 Å². The number of rotatable bonds is 15. The van der Waals surface area contributed by atoms with E-state index in [-0.39, 0.29) is 0 Å². The van der Waals surface area contributed by atoms with E-state index in [1.54, 1.807) is 0 Å². The summed E-state index contributed by atoms with van der Waals surface area (Å²) in [4.78, 5) is 8.25. The summed E-state index contributed by atoms with van der Waals surface area (Å²) in [6.07, 6.45) is 24.4. The molecule has 0 N–H and O–H groups in total. The Bertz CT molecular complexity index is 409. The summed E-state index contributed by atoms with van der Waals surface area (Å²) in [7, 11) is 0. The molecular formula is C21H38N2O3. The molecule has 0 bridgehead atoms. The monoisotopic (exact) mass is 366 g/mol. The first-order chi connectivity index (χ1) is 12.7. The molecular weight excluding hydrogens is 328 g/mol. The zero-order chi connectivity index (χ0) is 19.3. The molecule has 150 valence electrons. The first-order valence-corrected chi connectivity index (χ1v) is 10.4. The zero-order valence-corrected chi connectivity index (χ0v) is 16.6. The lowest BCUT2D eigenvalue weighted by molar-refractivity contribution is -0.697. The summed E-state index contributed by atoms with van der Waals surface area (Å²) in [5.74, 6) is 0. The summed E-state index contributed by atoms with van der Waals surface area (Å²) >= 11 is 0. The van der Waals surface area contributed by atoms with Crippen molar-refractivity contribution in [2.75, 3.05) is 0 Å². The zero-order valence-electron chi connectivity index (χ0n) is 16.6. The van der Waals surface area contributed by atoms with Crippen molar-refractivity contribution >= 4 is 0 Å². The van der Waals surface area contributed by atoms with Gasteiger partial charge in [-0.3, -0.25) is 0 Å². The number of aromatic nitrogens is 1. The Hall–Kier alpha value is -1.65. The first-order valence-electron chi connectivity index (χ1n) is 10.4. The molecule has 1 rings (SSSR count). The normalized spacial score (nSPS) is 10.2. The van der Waals surface area contributed by atoms with E-state index in [4.69, 9.17) is 15.3 Å². The van der Waals surface area contributed by atoms with Crippen molar-refractivity contribution < 1.29 is 9.65 Å². The highest BCUT2D eigenvalue weighted by atomic mass is 16.9. The van der Waals surface area contributed by atoms with E-state index in [1.165, 1.54) is 96.4 Å². The lowest BCUT2D eigenvalue weighted by atomic mass is 10.0. The van der Waals surface area contributed by atoms with Crippen molar-refractivity contribution in [3.05, 3.63) is 45.9 Å². The summed E-state index contributed by atoms with van der Waals surface area (Å²) in [5, 5.41) is 14.8. The SMILES string of the molecule is CCCCCCCCCCCCCCCC[n+]1ccccc1.O=[N+]([O-])[O-]. The largest absolute Gasteiger partial charge is 0.356 e. The Morgan fingerprint density at radius 1 is 0.654 bits per heavy atom. The van der Waals surface area contributed by atoms with Crippen LogP contribution in [0.5, 0.6) is 0 Å². The van der Waals surface area contributed by atoms with Crippen LogP contribution in [0, 0.1) is 15.3 Å². The van der Waals surface area contributed by atoms with E-state index in [2.05, 4.69) is 42.1 Å². The molecule has 5 heteroatoms. The fourth-order valence-corrected chi connectivity index (χ4v) is 3.07. The highest BCUT2D eigenvalue weighted by molar-refractivity contribution is 4.83. The summed E-state index contributed by atoms with van der Waals surface area (Å²) < 4.78 is 2.29. The fourth-order valence-electron chi connectivity index (χ4n) is 3.07. The van der Waals surface area contributed by atoms with Gasteiger partial charge in [-0.15, -0.1) is 0 Å². The fraction of sp³-hybridized carbons (Fsp3) is 0.762. The molecule has 0 radical (unpaired) electrons. The molecule has 0 spiro atoms. The Balaban J connectivity index is 0.00000141. The molecule has 0 saturated carbocycles. The van der Waals surface area contributed by atoms with Crippen LogP contribution in [0.25, 0.3) is 0 Å². The lowest BCUT2D eigenvalue weighted by Crippen LogP contribution is -2.32. The number of nitrogens with zero attached hydrogens (tertiary/aromatic N) is 2. The molecule has 0 fully saturated rings. The third-order valence-corrected chi connectivity index (χ3v) is 4.55. The van der Waals surface area contributed by atoms with Crippen LogP contribution in [0.1, 0.15) is 96.8 Å². The maximum absolute atomic E-state index is 8.25. The summed E-state index contributed by atoms with van der Waals surface area (Å²) in [5.41, 5.74) is 0. The van der Waals surface area contributed by atoms with Crippen LogP contribution in [0.15, 0.2) is 30.6 Å². The van der Waals surface area contributed by atoms with Crippen molar-refractivity contribution in [2.24, 2.45) is 0 Å². The number of hydrogen-bond acceptors (Lipinski definition) is 3. The average molecular weight is 367 g/mol. The summed E-state index contributed by atoms with van der Waals surface area (Å²) in [6.45, 7) is 3.47. The van der Waals surface area contributed by atoms with Crippen molar-refractivity contribution in [1.82, 2.24) is 0 Å². The second kappa shape index (κ2) is 19.7. The Labute approximate surface area is 159 Å². The van der Waals surface area contributed by atoms with Crippen molar-refractivity contribution in [3.63, 3.8) is 0 Å². The Morgan fingerprint density at radius 3 is 1.38 bits per heavy atom. The van der Waals surface area contributed by atoms with Crippen molar-refractivity contribution in [3.8, 4) is 0 Å². The number of hydrogen-bond donors (Lipinski definition) is 0. The third-order valence-electron chi connectivity index (χ3n) is 4.55. The maximum Gasteiger partial charge on any atom is 0.168 e. The van der Waals surface area contributed by atoms with Gasteiger partial charge in [-0.25, -0.2) is 4.57 Å². The second-order valence-electron chi connectivity index (χ2n) is 6.93. The van der Waals surface area contributed by atoms with E-state index in [0.29, 0.717) is 0 Å². The summed E-state index contributed by atoms with van der Waals surface area (Å²) in [6, 6.07) is 6.31. The molecule has 5 nitrogen and oxygen atoms in total. The molecule has 0 aliphatic carbocycles. The number of pyridine rings is 1. The lowest BCUT2D eigenvalue weighted by Gasteiger charge is -2.02. The van der Waals surface area contributed by atoms with Gasteiger partial charge in [-0.05, 0) is 6.42 Å². The average Bonchev–Trinajstić information content (AvgIpc) is 2.62. The van der Waals surface area contributed by atoms with Gasteiger partial charge in [-0.2, -0.15) is 0 Å². The minimum atomic E-state index is -1.75. The van der Waals surface area contributed by atoms with Crippen LogP contribution in [0.3, 0.4) is 0 Å². The number of unbranched alkanes of at least 4 members (excludes halogenated alkanes) is 13. The van der Waals surface area contributed by atoms with Crippen LogP contribution in [0.2, 0.25) is 0 Å². The molecule has 0 saturated heterocycles. The highest BCUT2D eigenvalue weighted by Gasteiger charge is 1.98. The molecule has 0 amide bonds. The van der Waals surface area contributed by atoms with Gasteiger partial charge in [0.05, 0.1) is 5.09 Å². The highest BCUT2D eigenvalue weighted by Crippen LogP contribution is 2.12. The van der Waals surface area contributed by atoms with E-state index >= 15 is 0 Å². The van der Waals surface area contributed by atoms with Gasteiger partial charge >= 0.3 is 0 Å². The Kier molecular flexibility index (Phi) is 18.4. The van der Waals surface area contributed by atoms with Gasteiger partial charge in [-0.1, -0.05) is 90.0 Å². The molecule has 26 heavy (non-hydrogen) atoms. The van der Waals surface area contributed by atoms with Crippen molar-refractivity contribution in [1.29, 1.82) is 0 Å². The second-order valence-corrected chi connectivity index (χ2v) is 6.93. The standard InChI is InChI=1S/C21H38N.NO3/c1-2-3-4-5-6-7-8-9-10-11-12-13-14-16-19-22-20-17-15-18-21-22;2-1(3)4/h15,17-18,20-21H,2-14,16,19H2,1H3;/q+1;-1. The van der Waals surface area contributed by atoms with Crippen LogP contribution in [-0.4, -0.2) is 5.09 Å². The third kappa shape index (κ3) is 20.4. The van der Waals surface area contributed by atoms with E-state index in [9.17, 15) is 0 Å². The Morgan fingerprint density at radius 2 is 1.00 bits per heavy atom. The van der Waals surface area contributed by atoms with Gasteiger partial charge in [0.2, 0.25) is 0 Å². The van der Waals surface area contributed by atoms with E-state index in [0.717, 1.165) is 0 Å². The van der Waals surface area contributed by atoms with Gasteiger partial charge in [0, 0.05) is 18.6 Å². The molecule has 1 aromatic rings. The quantitative estimate of drug-likeness (QED) is 0.160. The van der Waals surface area contributed by atoms with Gasteiger partial charge in [0.15, 0.2) is 12.4 Å². The smallest absolute Gasteiger partial charge is 0.168 e. The molecule has 0 aliphatic heterocycles. The minimum Gasteiger partial charge on any atom is -0.356 e. The van der Waals surface area contributed by atoms with E-state index < -0.39 is 5.09 Å². The van der Waals surface area contributed by atoms with Crippen LogP contribution < -0.4 is 4.57 Å². The molecule has 1 heterocycles. The molecule has 0 aliphatic rings. The first kappa shape index (κ1) is 24.4. The van der Waals surface area contributed by atoms with Crippen LogP contribution in [-0.2, 0) is 6.54 Å². The van der Waals surface area contributed by atoms with Gasteiger partial charge in [0.25, 0.3) is 0 Å². The molecule has 0 atom stereocenters. The van der Waals surface area contributed by atoms with E-state index in [1.807, 2.05) is 0 Å². The van der Waals surface area contributed by atoms with Gasteiger partial charge < -0.3 is 15.3 Å². The number of aryl methyl sites for hydroxylation is 1. The predicted molar refractivity (Wildman–Crippen MR) is 107 cm³/mol. The maximum atomic E-state index is 8.25. The molecule has 0 aromatic carbocycles. The molecule has 1 aromatic heterocycles. The van der Waals surface area contributed by atoms with Gasteiger partial charge in [0.1, 0.15) is 6.54 Å². The van der Waals surface area contributed by atoms with Crippen molar-refractivity contribution in [2.45, 2.75) is 103 Å². The minimum absolute atomic E-state index is 1.18. The predicted octanol–water partition coefficient (Wildman–Crippen LogP) is 6.22. The van der Waals surface area contributed by atoms with Crippen LogP contribution >= 0.6 is 0 Å². The van der Waals surface area contributed by atoms with Crippen LogP contribution in [0.4, 0.5) is 0 Å².